The highest BCUT2D eigenvalue weighted by atomic mass is 79.9. The Morgan fingerprint density at radius 2 is 1.95 bits per heavy atom. The van der Waals surface area contributed by atoms with Gasteiger partial charge in [0.2, 0.25) is 0 Å². The van der Waals surface area contributed by atoms with E-state index in [9.17, 15) is 4.79 Å². The summed E-state index contributed by atoms with van der Waals surface area (Å²) in [4.78, 5) is 10.9. The number of methoxy groups -OCH3 is 2. The largest absolute Gasteiger partial charge is 0.493 e. The first-order valence-corrected chi connectivity index (χ1v) is 8.55. The molecule has 0 aromatic heterocycles. The normalized spacial score (nSPS) is 13.4. The molecule has 0 saturated carbocycles. The fraction of sp³-hybridized carbons (Fsp3) is 0.533. The number of rotatable bonds is 8. The van der Waals surface area contributed by atoms with E-state index in [0.717, 1.165) is 18.4 Å². The molecule has 118 valence electrons. The highest BCUT2D eigenvalue weighted by Crippen LogP contribution is 2.37. The SMILES string of the molecule is CCCCOc1cc(C(Br)C(Br)C(=O)OC)ccc1OC. The van der Waals surface area contributed by atoms with Crippen molar-refractivity contribution in [1.82, 2.24) is 0 Å². The summed E-state index contributed by atoms with van der Waals surface area (Å²) in [6, 6.07) is 5.61. The smallest absolute Gasteiger partial charge is 0.320 e. The van der Waals surface area contributed by atoms with Crippen molar-refractivity contribution in [3.63, 3.8) is 0 Å². The fourth-order valence-corrected chi connectivity index (χ4v) is 2.70. The zero-order chi connectivity index (χ0) is 15.8. The molecule has 21 heavy (non-hydrogen) atoms. The average molecular weight is 424 g/mol. The van der Waals surface area contributed by atoms with Crippen LogP contribution in [0.2, 0.25) is 0 Å². The van der Waals surface area contributed by atoms with Crippen LogP contribution < -0.4 is 9.47 Å². The average Bonchev–Trinajstić information content (AvgIpc) is 2.52. The summed E-state index contributed by atoms with van der Waals surface area (Å²) in [6.07, 6.45) is 2.04. The van der Waals surface area contributed by atoms with E-state index >= 15 is 0 Å². The van der Waals surface area contributed by atoms with Crippen LogP contribution in [0.15, 0.2) is 18.2 Å². The lowest BCUT2D eigenvalue weighted by atomic mass is 10.1. The number of hydrogen-bond acceptors (Lipinski definition) is 4. The summed E-state index contributed by atoms with van der Waals surface area (Å²) in [7, 11) is 2.97. The lowest BCUT2D eigenvalue weighted by Gasteiger charge is -2.17. The van der Waals surface area contributed by atoms with Crippen LogP contribution in [0.25, 0.3) is 0 Å². The summed E-state index contributed by atoms with van der Waals surface area (Å²) < 4.78 is 15.8. The van der Waals surface area contributed by atoms with Crippen molar-refractivity contribution >= 4 is 37.8 Å². The van der Waals surface area contributed by atoms with Gasteiger partial charge in [-0.2, -0.15) is 0 Å². The Morgan fingerprint density at radius 3 is 2.52 bits per heavy atom. The van der Waals surface area contributed by atoms with E-state index in [4.69, 9.17) is 14.2 Å². The van der Waals surface area contributed by atoms with Gasteiger partial charge in [-0.25, -0.2) is 0 Å². The van der Waals surface area contributed by atoms with Gasteiger partial charge < -0.3 is 14.2 Å². The van der Waals surface area contributed by atoms with Crippen molar-refractivity contribution in [2.24, 2.45) is 0 Å². The molecule has 0 radical (unpaired) electrons. The predicted octanol–water partition coefficient (Wildman–Crippen LogP) is 4.25. The van der Waals surface area contributed by atoms with Crippen molar-refractivity contribution < 1.29 is 19.0 Å². The van der Waals surface area contributed by atoms with E-state index in [1.54, 1.807) is 7.11 Å². The third-order valence-corrected chi connectivity index (χ3v) is 5.61. The number of hydrogen-bond donors (Lipinski definition) is 0. The summed E-state index contributed by atoms with van der Waals surface area (Å²) in [6.45, 7) is 2.75. The van der Waals surface area contributed by atoms with Crippen molar-refractivity contribution in [2.75, 3.05) is 20.8 Å². The minimum atomic E-state index is -0.473. The molecule has 0 aliphatic heterocycles. The number of halogens is 2. The van der Waals surface area contributed by atoms with E-state index in [-0.39, 0.29) is 10.8 Å². The van der Waals surface area contributed by atoms with Gasteiger partial charge in [0, 0.05) is 0 Å². The molecule has 0 bridgehead atoms. The Kier molecular flexibility index (Phi) is 8.11. The molecular formula is C15H20Br2O4. The van der Waals surface area contributed by atoms with Gasteiger partial charge in [-0.05, 0) is 24.1 Å². The van der Waals surface area contributed by atoms with Crippen LogP contribution in [0.1, 0.15) is 30.2 Å². The molecule has 0 N–H and O–H groups in total. The summed E-state index contributed by atoms with van der Waals surface area (Å²) in [5, 5.41) is 0. The number of ether oxygens (including phenoxy) is 3. The maximum Gasteiger partial charge on any atom is 0.320 e. The number of alkyl halides is 2. The van der Waals surface area contributed by atoms with Crippen molar-refractivity contribution in [3.05, 3.63) is 23.8 Å². The molecule has 2 atom stereocenters. The van der Waals surface area contributed by atoms with Crippen LogP contribution in [0.3, 0.4) is 0 Å². The number of benzene rings is 1. The molecule has 0 fully saturated rings. The molecule has 1 rings (SSSR count). The Bertz CT molecular complexity index is 465. The van der Waals surface area contributed by atoms with Crippen LogP contribution in [-0.4, -0.2) is 31.6 Å². The first-order valence-electron chi connectivity index (χ1n) is 6.71. The molecule has 4 nitrogen and oxygen atoms in total. The lowest BCUT2D eigenvalue weighted by molar-refractivity contribution is -0.139. The van der Waals surface area contributed by atoms with Crippen LogP contribution in [0.4, 0.5) is 0 Å². The van der Waals surface area contributed by atoms with E-state index in [0.29, 0.717) is 18.1 Å². The Morgan fingerprint density at radius 1 is 1.24 bits per heavy atom. The van der Waals surface area contributed by atoms with Crippen LogP contribution in [-0.2, 0) is 9.53 Å². The number of carbonyl (C=O) groups is 1. The Balaban J connectivity index is 2.92. The van der Waals surface area contributed by atoms with Gasteiger partial charge in [0.25, 0.3) is 0 Å². The van der Waals surface area contributed by atoms with Gasteiger partial charge in [0.1, 0.15) is 4.83 Å². The standard InChI is InChI=1S/C15H20Br2O4/c1-4-5-8-21-12-9-10(6-7-11(12)19-2)13(16)14(17)15(18)20-3/h6-7,9,13-14H,4-5,8H2,1-3H3. The van der Waals surface area contributed by atoms with Crippen molar-refractivity contribution in [3.8, 4) is 11.5 Å². The monoisotopic (exact) mass is 422 g/mol. The molecule has 1 aromatic rings. The second kappa shape index (κ2) is 9.30. The van der Waals surface area contributed by atoms with Gasteiger partial charge in [-0.1, -0.05) is 51.3 Å². The van der Waals surface area contributed by atoms with Gasteiger partial charge in [-0.3, -0.25) is 4.79 Å². The number of carbonyl (C=O) groups excluding carboxylic acids is 1. The lowest BCUT2D eigenvalue weighted by Crippen LogP contribution is -2.20. The Hall–Kier alpha value is -0.750. The fourth-order valence-electron chi connectivity index (χ4n) is 1.71. The molecule has 0 amide bonds. The maximum absolute atomic E-state index is 11.6. The third kappa shape index (κ3) is 5.18. The Labute approximate surface area is 142 Å². The van der Waals surface area contributed by atoms with Crippen LogP contribution in [0, 0.1) is 0 Å². The van der Waals surface area contributed by atoms with Gasteiger partial charge in [-0.15, -0.1) is 0 Å². The first kappa shape index (κ1) is 18.3. The second-order valence-electron chi connectivity index (χ2n) is 4.44. The number of esters is 1. The molecule has 0 heterocycles. The summed E-state index contributed by atoms with van der Waals surface area (Å²) in [5.74, 6) is 1.03. The predicted molar refractivity (Wildman–Crippen MR) is 89.8 cm³/mol. The quantitative estimate of drug-likeness (QED) is 0.356. The summed E-state index contributed by atoms with van der Waals surface area (Å²) >= 11 is 6.85. The highest BCUT2D eigenvalue weighted by molar-refractivity contribution is 9.12. The highest BCUT2D eigenvalue weighted by Gasteiger charge is 2.26. The van der Waals surface area contributed by atoms with Crippen molar-refractivity contribution in [2.45, 2.75) is 29.4 Å². The van der Waals surface area contributed by atoms with E-state index < -0.39 is 4.83 Å². The molecule has 2 unspecified atom stereocenters. The minimum absolute atomic E-state index is 0.218. The molecule has 0 aliphatic rings. The second-order valence-corrected chi connectivity index (χ2v) is 6.41. The molecule has 1 aromatic carbocycles. The minimum Gasteiger partial charge on any atom is -0.493 e. The van der Waals surface area contributed by atoms with Gasteiger partial charge in [0.05, 0.1) is 25.7 Å². The zero-order valence-electron chi connectivity index (χ0n) is 12.4. The van der Waals surface area contributed by atoms with Gasteiger partial charge in [0.15, 0.2) is 11.5 Å². The van der Waals surface area contributed by atoms with Crippen molar-refractivity contribution in [1.29, 1.82) is 0 Å². The molecule has 0 aliphatic carbocycles. The van der Waals surface area contributed by atoms with E-state index in [1.165, 1.54) is 7.11 Å². The zero-order valence-corrected chi connectivity index (χ0v) is 15.6. The van der Waals surface area contributed by atoms with Crippen LogP contribution in [0.5, 0.6) is 11.5 Å². The number of unbranched alkanes of at least 4 members (excludes halogenated alkanes) is 1. The molecule has 6 heteroatoms. The molecule has 0 spiro atoms. The van der Waals surface area contributed by atoms with E-state index in [1.807, 2.05) is 18.2 Å². The van der Waals surface area contributed by atoms with E-state index in [2.05, 4.69) is 38.8 Å². The van der Waals surface area contributed by atoms with Crippen LogP contribution >= 0.6 is 31.9 Å². The third-order valence-electron chi connectivity index (χ3n) is 2.94. The topological polar surface area (TPSA) is 44.8 Å². The molecular weight excluding hydrogens is 404 g/mol. The first-order chi connectivity index (χ1) is 10.0. The maximum atomic E-state index is 11.6. The summed E-state index contributed by atoms with van der Waals surface area (Å²) in [5.41, 5.74) is 0.912. The van der Waals surface area contributed by atoms with Gasteiger partial charge >= 0.3 is 5.97 Å². The molecule has 0 saturated heterocycles.